The Kier molecular flexibility index (Phi) is 9.39. The van der Waals surface area contributed by atoms with E-state index in [-0.39, 0.29) is 17.7 Å². The van der Waals surface area contributed by atoms with E-state index < -0.39 is 24.0 Å². The first-order valence-electron chi connectivity index (χ1n) is 12.1. The van der Waals surface area contributed by atoms with Gasteiger partial charge in [-0.25, -0.2) is 14.4 Å². The van der Waals surface area contributed by atoms with Crippen LogP contribution in [-0.2, 0) is 20.8 Å². The molecule has 3 unspecified atom stereocenters. The molecule has 4 rings (SSSR count). The van der Waals surface area contributed by atoms with E-state index in [1.807, 2.05) is 18.2 Å². The molecule has 0 radical (unpaired) electrons. The van der Waals surface area contributed by atoms with Crippen LogP contribution in [0.1, 0.15) is 35.4 Å². The van der Waals surface area contributed by atoms with Gasteiger partial charge in [0.15, 0.2) is 0 Å². The molecule has 2 heterocycles. The summed E-state index contributed by atoms with van der Waals surface area (Å²) in [6.07, 6.45) is 4.12. The maximum absolute atomic E-state index is 12.6. The molecule has 1 saturated heterocycles. The second kappa shape index (κ2) is 12.7. The average Bonchev–Trinajstić information content (AvgIpc) is 3.44. The molecule has 0 aliphatic carbocycles. The van der Waals surface area contributed by atoms with Crippen LogP contribution >= 0.6 is 0 Å². The molecule has 1 aliphatic heterocycles. The molecule has 2 aromatic carbocycles. The van der Waals surface area contributed by atoms with Gasteiger partial charge in [-0.1, -0.05) is 43.3 Å². The number of likely N-dealkylation sites (N-methyl/N-ethyl adjacent to an activating group) is 1. The van der Waals surface area contributed by atoms with E-state index in [4.69, 9.17) is 10.2 Å². The number of rotatable bonds is 9. The number of amides is 3. The monoisotopic (exact) mass is 520 g/mol. The minimum atomic E-state index is -1.26. The summed E-state index contributed by atoms with van der Waals surface area (Å²) in [4.78, 5) is 49.1. The number of benzene rings is 2. The number of hydrogen-bond donors (Lipinski definition) is 5. The van der Waals surface area contributed by atoms with Crippen LogP contribution in [0.15, 0.2) is 66.9 Å². The summed E-state index contributed by atoms with van der Waals surface area (Å²) >= 11 is 0. The van der Waals surface area contributed by atoms with Crippen molar-refractivity contribution in [2.24, 2.45) is 0 Å². The fourth-order valence-corrected chi connectivity index (χ4v) is 4.52. The number of carbonyl (C=O) groups is 4. The van der Waals surface area contributed by atoms with Gasteiger partial charge in [0.1, 0.15) is 6.04 Å². The van der Waals surface area contributed by atoms with Gasteiger partial charge in [0.2, 0.25) is 0 Å². The number of urea groups is 1. The van der Waals surface area contributed by atoms with E-state index in [9.17, 15) is 19.2 Å². The minimum Gasteiger partial charge on any atom is -0.478 e. The number of carboxylic acid groups (broad SMARTS) is 2. The molecule has 10 nitrogen and oxygen atoms in total. The molecule has 0 bridgehead atoms. The van der Waals surface area contributed by atoms with Crippen LogP contribution < -0.4 is 10.6 Å². The van der Waals surface area contributed by atoms with Crippen LogP contribution in [0, 0.1) is 0 Å². The topological polar surface area (TPSA) is 152 Å². The summed E-state index contributed by atoms with van der Waals surface area (Å²) in [5.41, 5.74) is 4.52. The average molecular weight is 521 g/mol. The van der Waals surface area contributed by atoms with Gasteiger partial charge in [-0.3, -0.25) is 10.1 Å². The summed E-state index contributed by atoms with van der Waals surface area (Å²) in [7, 11) is 4.14. The van der Waals surface area contributed by atoms with Crippen molar-refractivity contribution in [2.45, 2.75) is 31.2 Å². The Morgan fingerprint density at radius 3 is 2.21 bits per heavy atom. The Morgan fingerprint density at radius 2 is 1.66 bits per heavy atom. The van der Waals surface area contributed by atoms with E-state index in [2.05, 4.69) is 78.1 Å². The molecule has 0 spiro atoms. The van der Waals surface area contributed by atoms with Gasteiger partial charge in [0.25, 0.3) is 5.91 Å². The van der Waals surface area contributed by atoms with Crippen molar-refractivity contribution < 1.29 is 29.4 Å². The molecule has 200 valence electrons. The Balaban J connectivity index is 0.000000436. The Bertz CT molecular complexity index is 1320. The number of aromatic nitrogens is 1. The molecule has 1 aromatic heterocycles. The van der Waals surface area contributed by atoms with Crippen molar-refractivity contribution in [2.75, 3.05) is 20.6 Å². The standard InChI is InChI=1S/C24H28N4O2.C4H4O4/c1-15(16-7-5-4-6-8-16)21(22-23(29)27-24(30)26-22)17-9-10-20-19(13-17)18(14-25-20)11-12-28(2)3;5-3(6)1-2-4(7)8/h4-10,13-15,21-22,25H,11-12H2,1-3H3,(H2,26,27,29,30);1-2H,(H,5,6)(H,7,8). The number of carboxylic acids is 2. The number of hydrogen-bond acceptors (Lipinski definition) is 5. The molecule has 1 aliphatic rings. The third-order valence-electron chi connectivity index (χ3n) is 6.40. The number of carbonyl (C=O) groups excluding carboxylic acids is 2. The van der Waals surface area contributed by atoms with Crippen molar-refractivity contribution in [3.63, 3.8) is 0 Å². The number of aliphatic carboxylic acids is 2. The van der Waals surface area contributed by atoms with Crippen molar-refractivity contribution in [1.82, 2.24) is 20.5 Å². The molecule has 38 heavy (non-hydrogen) atoms. The first-order valence-corrected chi connectivity index (χ1v) is 12.1. The van der Waals surface area contributed by atoms with Crippen LogP contribution in [0.4, 0.5) is 4.79 Å². The SMILES string of the molecule is CC(c1ccccc1)C(c1ccc2[nH]cc(CCN(C)C)c2c1)C1NC(=O)NC1=O.O=C(O)C=CC(=O)O. The molecule has 3 amide bonds. The molecular formula is C28H32N4O6. The smallest absolute Gasteiger partial charge is 0.328 e. The summed E-state index contributed by atoms with van der Waals surface area (Å²) < 4.78 is 0. The second-order valence-electron chi connectivity index (χ2n) is 9.35. The Morgan fingerprint density at radius 1 is 1.00 bits per heavy atom. The predicted octanol–water partition coefficient (Wildman–Crippen LogP) is 3.08. The summed E-state index contributed by atoms with van der Waals surface area (Å²) in [6, 6.07) is 15.4. The van der Waals surface area contributed by atoms with Crippen LogP contribution in [0.25, 0.3) is 10.9 Å². The van der Waals surface area contributed by atoms with E-state index in [0.29, 0.717) is 12.2 Å². The Labute approximate surface area is 220 Å². The van der Waals surface area contributed by atoms with Crippen molar-refractivity contribution >= 4 is 34.8 Å². The Hall–Kier alpha value is -4.44. The highest BCUT2D eigenvalue weighted by Crippen LogP contribution is 2.38. The van der Waals surface area contributed by atoms with E-state index >= 15 is 0 Å². The summed E-state index contributed by atoms with van der Waals surface area (Å²) in [5, 5.41) is 22.0. The van der Waals surface area contributed by atoms with Gasteiger partial charge in [-0.15, -0.1) is 0 Å². The first kappa shape index (κ1) is 28.1. The van der Waals surface area contributed by atoms with Gasteiger partial charge in [-0.2, -0.15) is 0 Å². The summed E-state index contributed by atoms with van der Waals surface area (Å²) in [5.74, 6) is -2.92. The third-order valence-corrected chi connectivity index (χ3v) is 6.40. The van der Waals surface area contributed by atoms with Gasteiger partial charge < -0.3 is 25.4 Å². The zero-order valence-electron chi connectivity index (χ0n) is 21.5. The normalized spacial score (nSPS) is 16.6. The number of imide groups is 1. The van der Waals surface area contributed by atoms with E-state index in [1.54, 1.807) is 0 Å². The lowest BCUT2D eigenvalue weighted by Gasteiger charge is -2.29. The fourth-order valence-electron chi connectivity index (χ4n) is 4.52. The van der Waals surface area contributed by atoms with Crippen molar-refractivity contribution in [1.29, 1.82) is 0 Å². The molecule has 3 atom stereocenters. The van der Waals surface area contributed by atoms with Crippen molar-refractivity contribution in [3.05, 3.63) is 83.6 Å². The zero-order valence-corrected chi connectivity index (χ0v) is 21.5. The molecular weight excluding hydrogens is 488 g/mol. The number of nitrogens with one attached hydrogen (secondary N) is 3. The highest BCUT2D eigenvalue weighted by Gasteiger charge is 2.40. The molecule has 5 N–H and O–H groups in total. The lowest BCUT2D eigenvalue weighted by molar-refractivity contribution is -0.134. The number of nitrogens with zero attached hydrogens (tertiary/aromatic N) is 1. The van der Waals surface area contributed by atoms with Crippen LogP contribution in [0.3, 0.4) is 0 Å². The summed E-state index contributed by atoms with van der Waals surface area (Å²) in [6.45, 7) is 3.08. The second-order valence-corrected chi connectivity index (χ2v) is 9.35. The van der Waals surface area contributed by atoms with Crippen LogP contribution in [0.2, 0.25) is 0 Å². The zero-order chi connectivity index (χ0) is 27.8. The van der Waals surface area contributed by atoms with E-state index in [1.165, 1.54) is 10.9 Å². The molecule has 1 fully saturated rings. The lowest BCUT2D eigenvalue weighted by atomic mass is 9.77. The quantitative estimate of drug-likeness (QED) is 0.215. The van der Waals surface area contributed by atoms with Gasteiger partial charge in [0, 0.05) is 41.7 Å². The molecule has 10 heteroatoms. The van der Waals surface area contributed by atoms with E-state index in [0.717, 1.165) is 29.6 Å². The number of aromatic amines is 1. The van der Waals surface area contributed by atoms with Crippen LogP contribution in [0.5, 0.6) is 0 Å². The van der Waals surface area contributed by atoms with Gasteiger partial charge >= 0.3 is 18.0 Å². The van der Waals surface area contributed by atoms with Gasteiger partial charge in [0.05, 0.1) is 0 Å². The third kappa shape index (κ3) is 7.30. The number of H-pyrrole nitrogens is 1. The highest BCUT2D eigenvalue weighted by molar-refractivity contribution is 6.04. The maximum atomic E-state index is 12.6. The van der Waals surface area contributed by atoms with Crippen LogP contribution in [-0.4, -0.2) is 70.7 Å². The predicted molar refractivity (Wildman–Crippen MR) is 143 cm³/mol. The van der Waals surface area contributed by atoms with Gasteiger partial charge in [-0.05, 0) is 55.3 Å². The number of fused-ring (bicyclic) bond motifs is 1. The van der Waals surface area contributed by atoms with Crippen molar-refractivity contribution in [3.8, 4) is 0 Å². The molecule has 3 aromatic rings. The largest absolute Gasteiger partial charge is 0.478 e. The highest BCUT2D eigenvalue weighted by atomic mass is 16.4. The fraction of sp³-hybridized carbons (Fsp3) is 0.286. The maximum Gasteiger partial charge on any atom is 0.328 e. The lowest BCUT2D eigenvalue weighted by Crippen LogP contribution is -2.38. The minimum absolute atomic E-state index is 0.0435. The first-order chi connectivity index (χ1) is 18.1. The molecule has 0 saturated carbocycles.